The number of ketones is 1. The van der Waals surface area contributed by atoms with Gasteiger partial charge < -0.3 is 5.11 Å². The smallest absolute Gasteiger partial charge is 0.165 e. The molecule has 2 aromatic rings. The molecule has 0 bridgehead atoms. The molecule has 0 amide bonds. The monoisotopic (exact) mass is 402 g/mol. The van der Waals surface area contributed by atoms with Crippen molar-refractivity contribution in [2.75, 3.05) is 0 Å². The topological polar surface area (TPSA) is 37.3 Å². The van der Waals surface area contributed by atoms with Crippen LogP contribution in [0.1, 0.15) is 56.2 Å². The van der Waals surface area contributed by atoms with Crippen molar-refractivity contribution in [2.45, 2.75) is 45.6 Å². The number of allylic oxidation sites excluding steroid dienone is 1. The quantitative estimate of drug-likeness (QED) is 0.513. The molecule has 0 saturated heterocycles. The third-order valence-corrected chi connectivity index (χ3v) is 6.98. The van der Waals surface area contributed by atoms with E-state index in [2.05, 4.69) is 25.7 Å². The standard InChI is InChI=1S/C27H27FO2/c1-18-24-13-12-22(26(30)27(24,2)15-14-25(18)29)16-21-10-7-19(8-11-21)6-9-20-4-3-5-23(28)17-20/h3-5,7-8,10-11,16-18,24-25,29H,12-15H2,1-2H3/t18?,24?,25?,27-/m0/s1. The van der Waals surface area contributed by atoms with Crippen LogP contribution in [0, 0.1) is 34.9 Å². The van der Waals surface area contributed by atoms with Crippen LogP contribution in [-0.2, 0) is 4.79 Å². The first kappa shape index (κ1) is 20.6. The normalized spacial score (nSPS) is 29.8. The van der Waals surface area contributed by atoms with Crippen LogP contribution in [0.2, 0.25) is 0 Å². The number of carbonyl (C=O) groups excluding carboxylic acids is 1. The van der Waals surface area contributed by atoms with Crippen molar-refractivity contribution in [1.82, 2.24) is 0 Å². The Bertz CT molecular complexity index is 1040. The highest BCUT2D eigenvalue weighted by Gasteiger charge is 2.51. The Morgan fingerprint density at radius 1 is 1.10 bits per heavy atom. The van der Waals surface area contributed by atoms with Gasteiger partial charge in [-0.15, -0.1) is 0 Å². The minimum absolute atomic E-state index is 0.171. The molecule has 4 atom stereocenters. The average Bonchev–Trinajstić information content (AvgIpc) is 2.74. The summed E-state index contributed by atoms with van der Waals surface area (Å²) in [5, 5.41) is 10.2. The van der Waals surface area contributed by atoms with Crippen LogP contribution < -0.4 is 0 Å². The zero-order valence-electron chi connectivity index (χ0n) is 17.5. The van der Waals surface area contributed by atoms with E-state index in [1.807, 2.05) is 30.3 Å². The van der Waals surface area contributed by atoms with Crippen molar-refractivity contribution in [2.24, 2.45) is 17.3 Å². The van der Waals surface area contributed by atoms with Gasteiger partial charge in [0.25, 0.3) is 0 Å². The molecular formula is C27H27FO2. The molecule has 2 saturated carbocycles. The summed E-state index contributed by atoms with van der Waals surface area (Å²) in [5.41, 5.74) is 3.00. The predicted molar refractivity (Wildman–Crippen MR) is 117 cm³/mol. The first-order chi connectivity index (χ1) is 14.4. The molecule has 3 heteroatoms. The fraction of sp³-hybridized carbons (Fsp3) is 0.370. The molecule has 2 aromatic carbocycles. The summed E-state index contributed by atoms with van der Waals surface area (Å²) >= 11 is 0. The van der Waals surface area contributed by atoms with E-state index in [0.717, 1.165) is 36.0 Å². The minimum Gasteiger partial charge on any atom is -0.393 e. The number of aliphatic hydroxyl groups excluding tert-OH is 1. The summed E-state index contributed by atoms with van der Waals surface area (Å²) in [7, 11) is 0. The van der Waals surface area contributed by atoms with Gasteiger partial charge in [-0.05, 0) is 85.1 Å². The molecule has 0 spiro atoms. The summed E-state index contributed by atoms with van der Waals surface area (Å²) in [6, 6.07) is 14.0. The summed E-state index contributed by atoms with van der Waals surface area (Å²) in [5.74, 6) is 6.40. The number of hydrogen-bond acceptors (Lipinski definition) is 2. The molecule has 30 heavy (non-hydrogen) atoms. The van der Waals surface area contributed by atoms with Gasteiger partial charge in [-0.1, -0.05) is 43.9 Å². The summed E-state index contributed by atoms with van der Waals surface area (Å²) in [6.45, 7) is 4.17. The molecule has 4 rings (SSSR count). The lowest BCUT2D eigenvalue weighted by Crippen LogP contribution is -2.50. The molecule has 3 unspecified atom stereocenters. The van der Waals surface area contributed by atoms with E-state index in [-0.39, 0.29) is 35.0 Å². The largest absolute Gasteiger partial charge is 0.393 e. The number of hydrogen-bond donors (Lipinski definition) is 1. The van der Waals surface area contributed by atoms with E-state index in [0.29, 0.717) is 12.0 Å². The SMILES string of the molecule is CC1C(O)CC[C@]2(C)C(=O)C(=Cc3ccc(C#Cc4cccc(F)c4)cc3)CCC12. The number of Topliss-reactive ketones (excluding diaryl/α,β-unsaturated/α-hetero) is 1. The molecule has 0 aliphatic heterocycles. The number of carbonyl (C=O) groups is 1. The molecule has 0 heterocycles. The molecule has 2 fully saturated rings. The molecule has 1 N–H and O–H groups in total. The number of aliphatic hydroxyl groups is 1. The summed E-state index contributed by atoms with van der Waals surface area (Å²) < 4.78 is 13.3. The van der Waals surface area contributed by atoms with Gasteiger partial charge in [-0.25, -0.2) is 4.39 Å². The zero-order chi connectivity index (χ0) is 21.3. The lowest BCUT2D eigenvalue weighted by atomic mass is 9.55. The van der Waals surface area contributed by atoms with Gasteiger partial charge in [0.15, 0.2) is 5.78 Å². The highest BCUT2D eigenvalue weighted by Crippen LogP contribution is 2.52. The lowest BCUT2D eigenvalue weighted by molar-refractivity contribution is -0.137. The van der Waals surface area contributed by atoms with Crippen LogP contribution in [-0.4, -0.2) is 17.0 Å². The fourth-order valence-electron chi connectivity index (χ4n) is 5.11. The van der Waals surface area contributed by atoms with Crippen LogP contribution in [0.4, 0.5) is 4.39 Å². The minimum atomic E-state index is -0.362. The molecule has 0 aromatic heterocycles. The van der Waals surface area contributed by atoms with Crippen molar-refractivity contribution in [1.29, 1.82) is 0 Å². The van der Waals surface area contributed by atoms with Crippen LogP contribution in [0.25, 0.3) is 6.08 Å². The van der Waals surface area contributed by atoms with Crippen molar-refractivity contribution in [3.8, 4) is 11.8 Å². The molecule has 2 nitrogen and oxygen atoms in total. The van der Waals surface area contributed by atoms with Crippen molar-refractivity contribution < 1.29 is 14.3 Å². The third-order valence-electron chi connectivity index (χ3n) is 6.98. The van der Waals surface area contributed by atoms with Crippen molar-refractivity contribution >= 4 is 11.9 Å². The van der Waals surface area contributed by atoms with E-state index < -0.39 is 0 Å². The zero-order valence-corrected chi connectivity index (χ0v) is 17.5. The lowest BCUT2D eigenvalue weighted by Gasteiger charge is -2.49. The maximum atomic E-state index is 13.3. The Hall–Kier alpha value is -2.70. The Balaban J connectivity index is 1.51. The number of rotatable bonds is 1. The second kappa shape index (κ2) is 8.20. The van der Waals surface area contributed by atoms with E-state index >= 15 is 0 Å². The Morgan fingerprint density at radius 2 is 1.83 bits per heavy atom. The number of fused-ring (bicyclic) bond motifs is 1. The van der Waals surface area contributed by atoms with Crippen molar-refractivity contribution in [3.63, 3.8) is 0 Å². The van der Waals surface area contributed by atoms with Crippen molar-refractivity contribution in [3.05, 3.63) is 76.6 Å². The second-order valence-corrected chi connectivity index (χ2v) is 8.91. The average molecular weight is 403 g/mol. The van der Waals surface area contributed by atoms with Crippen LogP contribution in [0.5, 0.6) is 0 Å². The molecule has 2 aliphatic rings. The predicted octanol–water partition coefficient (Wildman–Crippen LogP) is 5.39. The second-order valence-electron chi connectivity index (χ2n) is 8.91. The van der Waals surface area contributed by atoms with Gasteiger partial charge in [0.1, 0.15) is 5.82 Å². The maximum Gasteiger partial charge on any atom is 0.165 e. The van der Waals surface area contributed by atoms with Crippen LogP contribution in [0.3, 0.4) is 0 Å². The van der Waals surface area contributed by atoms with Crippen LogP contribution >= 0.6 is 0 Å². The van der Waals surface area contributed by atoms with Crippen LogP contribution in [0.15, 0.2) is 54.1 Å². The molecule has 0 radical (unpaired) electrons. The van der Waals surface area contributed by atoms with Gasteiger partial charge in [0.2, 0.25) is 0 Å². The summed E-state index contributed by atoms with van der Waals surface area (Å²) in [4.78, 5) is 13.3. The maximum absolute atomic E-state index is 13.3. The van der Waals surface area contributed by atoms with E-state index in [4.69, 9.17) is 0 Å². The Kier molecular flexibility index (Phi) is 5.62. The van der Waals surface area contributed by atoms with Gasteiger partial charge in [-0.3, -0.25) is 4.79 Å². The molecule has 2 aliphatic carbocycles. The van der Waals surface area contributed by atoms with E-state index in [1.165, 1.54) is 12.1 Å². The van der Waals surface area contributed by atoms with E-state index in [9.17, 15) is 14.3 Å². The summed E-state index contributed by atoms with van der Waals surface area (Å²) in [6.07, 6.45) is 4.88. The highest BCUT2D eigenvalue weighted by molar-refractivity contribution is 6.04. The first-order valence-corrected chi connectivity index (χ1v) is 10.7. The third kappa shape index (κ3) is 3.98. The molecular weight excluding hydrogens is 375 g/mol. The van der Waals surface area contributed by atoms with E-state index in [1.54, 1.807) is 12.1 Å². The Labute approximate surface area is 177 Å². The van der Waals surface area contributed by atoms with Gasteiger partial charge in [-0.2, -0.15) is 0 Å². The first-order valence-electron chi connectivity index (χ1n) is 10.7. The van der Waals surface area contributed by atoms with Gasteiger partial charge >= 0.3 is 0 Å². The van der Waals surface area contributed by atoms with Gasteiger partial charge in [0, 0.05) is 16.5 Å². The molecule has 154 valence electrons. The number of halogens is 1. The fourth-order valence-corrected chi connectivity index (χ4v) is 5.11. The highest BCUT2D eigenvalue weighted by atomic mass is 19.1. The number of benzene rings is 2. The van der Waals surface area contributed by atoms with Gasteiger partial charge in [0.05, 0.1) is 6.10 Å². The Morgan fingerprint density at radius 3 is 2.57 bits per heavy atom.